The summed E-state index contributed by atoms with van der Waals surface area (Å²) in [5.41, 5.74) is 3.81. The molecular formula is C19H19N3O. The zero-order valence-corrected chi connectivity index (χ0v) is 13.1. The highest BCUT2D eigenvalue weighted by Gasteiger charge is 2.20. The van der Waals surface area contributed by atoms with Crippen molar-refractivity contribution in [3.8, 4) is 5.75 Å². The van der Waals surface area contributed by atoms with Crippen molar-refractivity contribution in [2.24, 2.45) is 0 Å². The van der Waals surface area contributed by atoms with Crippen LogP contribution in [0.15, 0.2) is 60.9 Å². The Hall–Kier alpha value is -2.75. The quantitative estimate of drug-likeness (QED) is 0.742. The lowest BCUT2D eigenvalue weighted by atomic mass is 10.1. The van der Waals surface area contributed by atoms with Gasteiger partial charge >= 0.3 is 0 Å². The molecule has 0 N–H and O–H groups in total. The Bertz CT molecular complexity index is 810. The van der Waals surface area contributed by atoms with Crippen molar-refractivity contribution in [3.63, 3.8) is 0 Å². The maximum Gasteiger partial charge on any atom is 0.128 e. The number of nitrogens with zero attached hydrogens (tertiary/aromatic N) is 3. The maximum atomic E-state index is 5.40. The number of rotatable bonds is 3. The van der Waals surface area contributed by atoms with Crippen molar-refractivity contribution >= 4 is 5.69 Å². The van der Waals surface area contributed by atoms with Crippen molar-refractivity contribution < 1.29 is 4.74 Å². The molecule has 2 aromatic carbocycles. The zero-order valence-electron chi connectivity index (χ0n) is 13.1. The van der Waals surface area contributed by atoms with Gasteiger partial charge in [-0.15, -0.1) is 0 Å². The number of anilines is 1. The number of imidazole rings is 1. The Morgan fingerprint density at radius 2 is 1.96 bits per heavy atom. The van der Waals surface area contributed by atoms with Gasteiger partial charge < -0.3 is 14.2 Å². The lowest BCUT2D eigenvalue weighted by molar-refractivity contribution is 0.414. The molecule has 0 atom stereocenters. The van der Waals surface area contributed by atoms with E-state index in [9.17, 15) is 0 Å². The van der Waals surface area contributed by atoms with Gasteiger partial charge in [0, 0.05) is 24.6 Å². The molecule has 0 radical (unpaired) electrons. The van der Waals surface area contributed by atoms with E-state index in [0.29, 0.717) is 0 Å². The first-order valence-electron chi connectivity index (χ1n) is 7.79. The molecule has 4 nitrogen and oxygen atoms in total. The second-order valence-corrected chi connectivity index (χ2v) is 5.81. The molecule has 2 heterocycles. The van der Waals surface area contributed by atoms with Crippen LogP contribution in [0.5, 0.6) is 5.75 Å². The molecule has 0 fully saturated rings. The molecule has 3 aromatic rings. The molecule has 0 unspecified atom stereocenters. The predicted molar refractivity (Wildman–Crippen MR) is 90.7 cm³/mol. The fraction of sp³-hybridized carbons (Fsp3) is 0.211. The van der Waals surface area contributed by atoms with Crippen molar-refractivity contribution in [1.82, 2.24) is 9.55 Å². The summed E-state index contributed by atoms with van der Waals surface area (Å²) in [5.74, 6) is 1.99. The molecule has 0 saturated carbocycles. The van der Waals surface area contributed by atoms with E-state index in [1.54, 1.807) is 7.11 Å². The fourth-order valence-electron chi connectivity index (χ4n) is 3.14. The number of ether oxygens (including phenoxy) is 1. The van der Waals surface area contributed by atoms with Gasteiger partial charge in [0.1, 0.15) is 11.6 Å². The molecule has 4 heteroatoms. The monoisotopic (exact) mass is 305 g/mol. The number of aromatic nitrogens is 2. The van der Waals surface area contributed by atoms with E-state index >= 15 is 0 Å². The number of hydrogen-bond acceptors (Lipinski definition) is 3. The standard InChI is InChI=1S/C19H19N3O/c1-23-17-7-8-18-16(11-17)13-21-10-9-20-19(21)14-22(18)12-15-5-3-2-4-6-15/h2-11H,12-14H2,1H3. The van der Waals surface area contributed by atoms with Gasteiger partial charge in [-0.2, -0.15) is 0 Å². The van der Waals surface area contributed by atoms with Crippen LogP contribution in [0, 0.1) is 0 Å². The van der Waals surface area contributed by atoms with Crippen LogP contribution in [0.1, 0.15) is 17.0 Å². The summed E-state index contributed by atoms with van der Waals surface area (Å²) in [4.78, 5) is 6.91. The van der Waals surface area contributed by atoms with Crippen molar-refractivity contribution in [1.29, 1.82) is 0 Å². The van der Waals surface area contributed by atoms with E-state index in [1.165, 1.54) is 16.8 Å². The summed E-state index contributed by atoms with van der Waals surface area (Å²) in [6, 6.07) is 16.9. The van der Waals surface area contributed by atoms with Gasteiger partial charge in [0.25, 0.3) is 0 Å². The van der Waals surface area contributed by atoms with E-state index < -0.39 is 0 Å². The molecule has 0 aliphatic carbocycles. The third kappa shape index (κ3) is 2.68. The van der Waals surface area contributed by atoms with Gasteiger partial charge in [0.05, 0.1) is 20.2 Å². The van der Waals surface area contributed by atoms with Crippen LogP contribution < -0.4 is 9.64 Å². The van der Waals surface area contributed by atoms with Gasteiger partial charge in [0.15, 0.2) is 0 Å². The van der Waals surface area contributed by atoms with Crippen LogP contribution in [0.3, 0.4) is 0 Å². The van der Waals surface area contributed by atoms with Crippen molar-refractivity contribution in [2.75, 3.05) is 12.0 Å². The van der Waals surface area contributed by atoms with Gasteiger partial charge in [-0.1, -0.05) is 30.3 Å². The molecule has 116 valence electrons. The molecule has 4 rings (SSSR count). The van der Waals surface area contributed by atoms with Gasteiger partial charge in [0.2, 0.25) is 0 Å². The highest BCUT2D eigenvalue weighted by atomic mass is 16.5. The minimum absolute atomic E-state index is 0.807. The Morgan fingerprint density at radius 1 is 1.09 bits per heavy atom. The molecule has 0 saturated heterocycles. The third-order valence-corrected chi connectivity index (χ3v) is 4.32. The average Bonchev–Trinajstić information content (AvgIpc) is 2.96. The SMILES string of the molecule is COc1ccc2c(c1)Cn1ccnc1CN2Cc1ccccc1. The van der Waals surface area contributed by atoms with E-state index in [0.717, 1.165) is 31.2 Å². The Labute approximate surface area is 136 Å². The third-order valence-electron chi connectivity index (χ3n) is 4.32. The van der Waals surface area contributed by atoms with Crippen LogP contribution in [0.4, 0.5) is 5.69 Å². The number of fused-ring (bicyclic) bond motifs is 2. The summed E-state index contributed by atoms with van der Waals surface area (Å²) >= 11 is 0. The summed E-state index contributed by atoms with van der Waals surface area (Å²) in [5, 5.41) is 0. The largest absolute Gasteiger partial charge is 0.497 e. The van der Waals surface area contributed by atoms with Crippen molar-refractivity contribution in [2.45, 2.75) is 19.6 Å². The average molecular weight is 305 g/mol. The number of benzene rings is 2. The predicted octanol–water partition coefficient (Wildman–Crippen LogP) is 3.46. The first kappa shape index (κ1) is 13.9. The highest BCUT2D eigenvalue weighted by molar-refractivity contribution is 5.57. The Balaban J connectivity index is 1.76. The number of hydrogen-bond donors (Lipinski definition) is 0. The Kier molecular flexibility index (Phi) is 3.50. The normalized spacial score (nSPS) is 13.2. The van der Waals surface area contributed by atoms with Crippen LogP contribution in [0.25, 0.3) is 0 Å². The highest BCUT2D eigenvalue weighted by Crippen LogP contribution is 2.31. The minimum atomic E-state index is 0.807. The van der Waals surface area contributed by atoms with E-state index in [-0.39, 0.29) is 0 Å². The topological polar surface area (TPSA) is 30.3 Å². The molecule has 0 amide bonds. The summed E-state index contributed by atoms with van der Waals surface area (Å²) in [6.45, 7) is 2.50. The molecule has 1 aliphatic rings. The first-order valence-corrected chi connectivity index (χ1v) is 7.79. The molecule has 23 heavy (non-hydrogen) atoms. The Morgan fingerprint density at radius 3 is 2.78 bits per heavy atom. The maximum absolute atomic E-state index is 5.40. The van der Waals surface area contributed by atoms with Crippen molar-refractivity contribution in [3.05, 3.63) is 77.9 Å². The van der Waals surface area contributed by atoms with Gasteiger partial charge in [-0.3, -0.25) is 0 Å². The lowest BCUT2D eigenvalue weighted by Gasteiger charge is -2.24. The fourth-order valence-corrected chi connectivity index (χ4v) is 3.14. The van der Waals surface area contributed by atoms with Crippen LogP contribution in [0.2, 0.25) is 0 Å². The summed E-state index contributed by atoms with van der Waals surface area (Å²) in [6.07, 6.45) is 3.92. The molecule has 1 aromatic heterocycles. The lowest BCUT2D eigenvalue weighted by Crippen LogP contribution is -2.22. The van der Waals surface area contributed by atoms with E-state index in [1.807, 2.05) is 18.5 Å². The van der Waals surface area contributed by atoms with E-state index in [4.69, 9.17) is 4.74 Å². The minimum Gasteiger partial charge on any atom is -0.497 e. The molecule has 1 aliphatic heterocycles. The van der Waals surface area contributed by atoms with Crippen LogP contribution >= 0.6 is 0 Å². The smallest absolute Gasteiger partial charge is 0.128 e. The number of methoxy groups -OCH3 is 1. The van der Waals surface area contributed by atoms with Gasteiger partial charge in [-0.05, 0) is 29.3 Å². The molecule has 0 spiro atoms. The van der Waals surface area contributed by atoms with Crippen LogP contribution in [-0.4, -0.2) is 16.7 Å². The van der Waals surface area contributed by atoms with Gasteiger partial charge in [-0.25, -0.2) is 4.98 Å². The zero-order chi connectivity index (χ0) is 15.6. The second kappa shape index (κ2) is 5.80. The molecule has 0 bridgehead atoms. The summed E-state index contributed by atoms with van der Waals surface area (Å²) < 4.78 is 7.61. The first-order chi connectivity index (χ1) is 11.3. The summed E-state index contributed by atoms with van der Waals surface area (Å²) in [7, 11) is 1.71. The van der Waals surface area contributed by atoms with Crippen LogP contribution in [-0.2, 0) is 19.6 Å². The van der Waals surface area contributed by atoms with E-state index in [2.05, 4.69) is 56.9 Å². The molecular weight excluding hydrogens is 286 g/mol. The second-order valence-electron chi connectivity index (χ2n) is 5.81.